The van der Waals surface area contributed by atoms with Crippen LogP contribution in [0.25, 0.3) is 0 Å². The van der Waals surface area contributed by atoms with Gasteiger partial charge in [0.2, 0.25) is 5.95 Å². The number of morpholine rings is 1. The Morgan fingerprint density at radius 2 is 1.93 bits per heavy atom. The maximum absolute atomic E-state index is 5.26. The molecule has 1 aromatic rings. The molecule has 0 N–H and O–H groups in total. The lowest BCUT2D eigenvalue weighted by molar-refractivity contribution is 0.122. The lowest BCUT2D eigenvalue weighted by atomic mass is 10.4. The molecule has 0 unspecified atom stereocenters. The van der Waals surface area contributed by atoms with Crippen LogP contribution < -0.4 is 4.90 Å². The third-order valence-electron chi connectivity index (χ3n) is 2.14. The number of hydrogen-bond acceptors (Lipinski definition) is 5. The second-order valence-electron chi connectivity index (χ2n) is 3.02. The van der Waals surface area contributed by atoms with Crippen molar-refractivity contribution in [2.24, 2.45) is 0 Å². The molecule has 1 aromatic heterocycles. The van der Waals surface area contributed by atoms with Crippen LogP contribution in [0.15, 0.2) is 17.3 Å². The summed E-state index contributed by atoms with van der Waals surface area (Å²) in [6.07, 6.45) is 5.75. The zero-order valence-electron chi connectivity index (χ0n) is 8.14. The van der Waals surface area contributed by atoms with Crippen LogP contribution in [-0.2, 0) is 4.74 Å². The third-order valence-corrected chi connectivity index (χ3v) is 2.83. The van der Waals surface area contributed by atoms with Crippen LogP contribution >= 0.6 is 11.8 Å². The standard InChI is InChI=1S/C9H13N3OS/c1-14-8-6-10-9(11-7-8)12-2-4-13-5-3-12/h6-7H,2-5H2,1H3. The predicted octanol–water partition coefficient (Wildman–Crippen LogP) is 1.04. The van der Waals surface area contributed by atoms with E-state index in [1.54, 1.807) is 11.8 Å². The van der Waals surface area contributed by atoms with Crippen molar-refractivity contribution in [2.75, 3.05) is 37.5 Å². The van der Waals surface area contributed by atoms with Crippen molar-refractivity contribution >= 4 is 17.7 Å². The molecule has 0 aliphatic carbocycles. The minimum Gasteiger partial charge on any atom is -0.378 e. The number of aromatic nitrogens is 2. The molecule has 0 atom stereocenters. The highest BCUT2D eigenvalue weighted by atomic mass is 32.2. The van der Waals surface area contributed by atoms with Gasteiger partial charge in [0.25, 0.3) is 0 Å². The highest BCUT2D eigenvalue weighted by molar-refractivity contribution is 7.98. The van der Waals surface area contributed by atoms with Crippen molar-refractivity contribution in [1.82, 2.24) is 9.97 Å². The molecule has 2 rings (SSSR count). The van der Waals surface area contributed by atoms with Gasteiger partial charge < -0.3 is 9.64 Å². The zero-order valence-corrected chi connectivity index (χ0v) is 8.96. The monoisotopic (exact) mass is 211 g/mol. The first-order valence-electron chi connectivity index (χ1n) is 4.59. The molecule has 0 bridgehead atoms. The summed E-state index contributed by atoms with van der Waals surface area (Å²) < 4.78 is 5.26. The van der Waals surface area contributed by atoms with Gasteiger partial charge in [-0.3, -0.25) is 0 Å². The summed E-state index contributed by atoms with van der Waals surface area (Å²) in [5, 5.41) is 0. The maximum atomic E-state index is 5.26. The van der Waals surface area contributed by atoms with Gasteiger partial charge in [-0.2, -0.15) is 0 Å². The van der Waals surface area contributed by atoms with E-state index in [-0.39, 0.29) is 0 Å². The summed E-state index contributed by atoms with van der Waals surface area (Å²) in [5.41, 5.74) is 0. The van der Waals surface area contributed by atoms with E-state index in [2.05, 4.69) is 14.9 Å². The molecule has 14 heavy (non-hydrogen) atoms. The second-order valence-corrected chi connectivity index (χ2v) is 3.90. The zero-order chi connectivity index (χ0) is 9.80. The molecule has 1 aliphatic heterocycles. The van der Waals surface area contributed by atoms with Gasteiger partial charge in [0.15, 0.2) is 0 Å². The fourth-order valence-corrected chi connectivity index (χ4v) is 1.66. The molecule has 0 aromatic carbocycles. The first-order chi connectivity index (χ1) is 6.90. The molecular weight excluding hydrogens is 198 g/mol. The van der Waals surface area contributed by atoms with Gasteiger partial charge in [-0.1, -0.05) is 0 Å². The Bertz CT molecular complexity index is 285. The summed E-state index contributed by atoms with van der Waals surface area (Å²) in [4.78, 5) is 11.9. The highest BCUT2D eigenvalue weighted by Crippen LogP contribution is 2.14. The van der Waals surface area contributed by atoms with Crippen molar-refractivity contribution < 1.29 is 4.74 Å². The van der Waals surface area contributed by atoms with E-state index < -0.39 is 0 Å². The van der Waals surface area contributed by atoms with Crippen molar-refractivity contribution in [3.05, 3.63) is 12.4 Å². The highest BCUT2D eigenvalue weighted by Gasteiger charge is 2.12. The van der Waals surface area contributed by atoms with Crippen LogP contribution in [0.2, 0.25) is 0 Å². The van der Waals surface area contributed by atoms with Crippen molar-refractivity contribution in [1.29, 1.82) is 0 Å². The second kappa shape index (κ2) is 4.61. The van der Waals surface area contributed by atoms with Crippen molar-refractivity contribution in [3.8, 4) is 0 Å². The normalized spacial score (nSPS) is 17.1. The van der Waals surface area contributed by atoms with Gasteiger partial charge in [-0.15, -0.1) is 11.8 Å². The molecule has 1 aliphatic rings. The molecule has 1 fully saturated rings. The van der Waals surface area contributed by atoms with Gasteiger partial charge in [0.1, 0.15) is 0 Å². The number of rotatable bonds is 2. The molecular formula is C9H13N3OS. The number of anilines is 1. The summed E-state index contributed by atoms with van der Waals surface area (Å²) in [6.45, 7) is 3.32. The van der Waals surface area contributed by atoms with E-state index in [4.69, 9.17) is 4.74 Å². The average molecular weight is 211 g/mol. The molecule has 4 nitrogen and oxygen atoms in total. The summed E-state index contributed by atoms with van der Waals surface area (Å²) in [5.74, 6) is 0.811. The van der Waals surface area contributed by atoms with E-state index in [9.17, 15) is 0 Å². The largest absolute Gasteiger partial charge is 0.378 e. The van der Waals surface area contributed by atoms with Gasteiger partial charge in [-0.05, 0) is 6.26 Å². The Morgan fingerprint density at radius 1 is 1.29 bits per heavy atom. The average Bonchev–Trinajstić information content (AvgIpc) is 2.30. The topological polar surface area (TPSA) is 38.2 Å². The summed E-state index contributed by atoms with van der Waals surface area (Å²) >= 11 is 1.66. The molecule has 1 saturated heterocycles. The molecule has 0 spiro atoms. The Balaban J connectivity index is 2.07. The third kappa shape index (κ3) is 2.16. The number of nitrogens with zero attached hydrogens (tertiary/aromatic N) is 3. The molecule has 5 heteroatoms. The van der Waals surface area contributed by atoms with Crippen molar-refractivity contribution in [2.45, 2.75) is 4.90 Å². The van der Waals surface area contributed by atoms with Crippen LogP contribution in [0, 0.1) is 0 Å². The smallest absolute Gasteiger partial charge is 0.225 e. The van der Waals surface area contributed by atoms with Crippen LogP contribution in [-0.4, -0.2) is 42.5 Å². The molecule has 0 radical (unpaired) electrons. The minimum atomic E-state index is 0.771. The lowest BCUT2D eigenvalue weighted by Crippen LogP contribution is -2.37. The number of ether oxygens (including phenoxy) is 1. The predicted molar refractivity (Wildman–Crippen MR) is 56.8 cm³/mol. The van der Waals surface area contributed by atoms with Gasteiger partial charge >= 0.3 is 0 Å². The molecule has 76 valence electrons. The quantitative estimate of drug-likeness (QED) is 0.683. The van der Waals surface area contributed by atoms with Crippen LogP contribution in [0.5, 0.6) is 0 Å². The summed E-state index contributed by atoms with van der Waals surface area (Å²) in [7, 11) is 0. The maximum Gasteiger partial charge on any atom is 0.225 e. The number of hydrogen-bond donors (Lipinski definition) is 0. The Labute approximate surface area is 87.7 Å². The van der Waals surface area contributed by atoms with E-state index in [0.717, 1.165) is 37.1 Å². The van der Waals surface area contributed by atoms with Gasteiger partial charge in [0, 0.05) is 30.4 Å². The fourth-order valence-electron chi connectivity index (χ4n) is 1.34. The van der Waals surface area contributed by atoms with E-state index in [1.165, 1.54) is 0 Å². The summed E-state index contributed by atoms with van der Waals surface area (Å²) in [6, 6.07) is 0. The Kier molecular flexibility index (Phi) is 3.21. The van der Waals surface area contributed by atoms with Crippen LogP contribution in [0.3, 0.4) is 0 Å². The molecule has 0 amide bonds. The molecule has 0 saturated carbocycles. The first-order valence-corrected chi connectivity index (χ1v) is 5.81. The van der Waals surface area contributed by atoms with Gasteiger partial charge in [-0.25, -0.2) is 9.97 Å². The number of thioether (sulfide) groups is 1. The van der Waals surface area contributed by atoms with E-state index in [0.29, 0.717) is 0 Å². The van der Waals surface area contributed by atoms with Crippen LogP contribution in [0.1, 0.15) is 0 Å². The SMILES string of the molecule is CSc1cnc(N2CCOCC2)nc1. The Hall–Kier alpha value is -0.810. The van der Waals surface area contributed by atoms with Gasteiger partial charge in [0.05, 0.1) is 13.2 Å². The van der Waals surface area contributed by atoms with Crippen molar-refractivity contribution in [3.63, 3.8) is 0 Å². The minimum absolute atomic E-state index is 0.771. The Morgan fingerprint density at radius 3 is 2.50 bits per heavy atom. The lowest BCUT2D eigenvalue weighted by Gasteiger charge is -2.26. The first kappa shape index (κ1) is 9.73. The fraction of sp³-hybridized carbons (Fsp3) is 0.556. The molecule has 2 heterocycles. The van der Waals surface area contributed by atoms with Crippen LogP contribution in [0.4, 0.5) is 5.95 Å². The van der Waals surface area contributed by atoms with E-state index >= 15 is 0 Å². The van der Waals surface area contributed by atoms with E-state index in [1.807, 2.05) is 18.6 Å².